The Labute approximate surface area is 139 Å². The fourth-order valence-electron chi connectivity index (χ4n) is 3.00. The van der Waals surface area contributed by atoms with E-state index in [9.17, 15) is 4.79 Å². The van der Waals surface area contributed by atoms with Gasteiger partial charge in [0.05, 0.1) is 5.92 Å². The van der Waals surface area contributed by atoms with Crippen molar-refractivity contribution in [1.82, 2.24) is 9.80 Å². The van der Waals surface area contributed by atoms with Gasteiger partial charge in [-0.2, -0.15) is 0 Å². The van der Waals surface area contributed by atoms with E-state index in [0.29, 0.717) is 5.78 Å². The van der Waals surface area contributed by atoms with Crippen molar-refractivity contribution in [1.29, 1.82) is 0 Å². The molecule has 1 aromatic carbocycles. The molecule has 2 rings (SSSR count). The van der Waals surface area contributed by atoms with Gasteiger partial charge in [-0.1, -0.05) is 44.5 Å². The number of rotatable bonds is 6. The number of hydrogen-bond acceptors (Lipinski definition) is 3. The van der Waals surface area contributed by atoms with Crippen LogP contribution in [0.5, 0.6) is 0 Å². The number of Topliss-reactive ketones (excluding diaryl/α,β-unsaturated/α-hetero) is 1. The summed E-state index contributed by atoms with van der Waals surface area (Å²) in [6.07, 6.45) is 0. The Morgan fingerprint density at radius 1 is 1.09 bits per heavy atom. The van der Waals surface area contributed by atoms with Gasteiger partial charge in [0.2, 0.25) is 0 Å². The van der Waals surface area contributed by atoms with Crippen molar-refractivity contribution >= 4 is 17.4 Å². The zero-order valence-electron chi connectivity index (χ0n) is 13.9. The molecule has 22 heavy (non-hydrogen) atoms. The van der Waals surface area contributed by atoms with Crippen LogP contribution >= 0.6 is 11.6 Å². The molecule has 4 heteroatoms. The number of benzene rings is 1. The lowest BCUT2D eigenvalue weighted by molar-refractivity contribution is -0.124. The fourth-order valence-corrected chi connectivity index (χ4v) is 3.13. The summed E-state index contributed by atoms with van der Waals surface area (Å²) in [6.45, 7) is 12.4. The Hall–Kier alpha value is -0.900. The average molecular weight is 323 g/mol. The summed E-state index contributed by atoms with van der Waals surface area (Å²) in [5, 5.41) is 0.719. The maximum atomic E-state index is 12.7. The number of halogens is 1. The van der Waals surface area contributed by atoms with Crippen molar-refractivity contribution in [2.45, 2.75) is 26.7 Å². The van der Waals surface area contributed by atoms with E-state index in [2.05, 4.69) is 16.7 Å². The first-order chi connectivity index (χ1) is 10.5. The van der Waals surface area contributed by atoms with Crippen LogP contribution in [0.4, 0.5) is 0 Å². The van der Waals surface area contributed by atoms with Crippen LogP contribution in [0.2, 0.25) is 5.02 Å². The van der Waals surface area contributed by atoms with Gasteiger partial charge in [-0.3, -0.25) is 9.69 Å². The molecule has 0 bridgehead atoms. The van der Waals surface area contributed by atoms with Gasteiger partial charge in [-0.15, -0.1) is 0 Å². The smallest absolute Gasteiger partial charge is 0.144 e. The molecule has 1 heterocycles. The number of carbonyl (C=O) groups excluding carboxylic acids is 1. The number of hydrogen-bond donors (Lipinski definition) is 0. The molecule has 0 amide bonds. The molecule has 0 spiro atoms. The molecule has 0 N–H and O–H groups in total. The van der Waals surface area contributed by atoms with Crippen molar-refractivity contribution in [3.05, 3.63) is 34.9 Å². The van der Waals surface area contributed by atoms with E-state index in [1.807, 2.05) is 38.1 Å². The minimum atomic E-state index is -0.0505. The van der Waals surface area contributed by atoms with E-state index < -0.39 is 0 Å². The first-order valence-corrected chi connectivity index (χ1v) is 8.63. The van der Waals surface area contributed by atoms with Gasteiger partial charge >= 0.3 is 0 Å². The molecule has 0 aliphatic carbocycles. The predicted molar refractivity (Wildman–Crippen MR) is 92.6 cm³/mol. The van der Waals surface area contributed by atoms with Crippen molar-refractivity contribution in [2.75, 3.05) is 39.3 Å². The second-order valence-electron chi connectivity index (χ2n) is 6.40. The van der Waals surface area contributed by atoms with Crippen LogP contribution in [0, 0.1) is 5.92 Å². The molecule has 1 aliphatic heterocycles. The minimum Gasteiger partial charge on any atom is -0.301 e. The zero-order valence-corrected chi connectivity index (χ0v) is 14.6. The molecular formula is C18H27ClN2O. The quantitative estimate of drug-likeness (QED) is 0.803. The summed E-state index contributed by atoms with van der Waals surface area (Å²) in [4.78, 5) is 17.5. The maximum absolute atomic E-state index is 12.7. The summed E-state index contributed by atoms with van der Waals surface area (Å²) >= 11 is 5.98. The highest BCUT2D eigenvalue weighted by Gasteiger charge is 2.27. The third-order valence-corrected chi connectivity index (χ3v) is 4.79. The summed E-state index contributed by atoms with van der Waals surface area (Å²) in [5.74, 6) is 0.322. The van der Waals surface area contributed by atoms with Gasteiger partial charge in [-0.05, 0) is 24.2 Å². The SMILES string of the molecule is CCN1CCN(C[C@@H](C(=O)C(C)C)c2ccc(Cl)cc2)CC1. The van der Waals surface area contributed by atoms with Crippen LogP contribution < -0.4 is 0 Å². The average Bonchev–Trinajstić information content (AvgIpc) is 2.53. The van der Waals surface area contributed by atoms with Crippen molar-refractivity contribution < 1.29 is 4.79 Å². The predicted octanol–water partition coefficient (Wildman–Crippen LogP) is 3.29. The van der Waals surface area contributed by atoms with E-state index in [1.165, 1.54) is 0 Å². The van der Waals surface area contributed by atoms with Gasteiger partial charge in [0.25, 0.3) is 0 Å². The molecule has 1 atom stereocenters. The summed E-state index contributed by atoms with van der Waals surface area (Å²) in [7, 11) is 0. The Morgan fingerprint density at radius 2 is 1.64 bits per heavy atom. The Kier molecular flexibility index (Phi) is 6.42. The number of ketones is 1. The van der Waals surface area contributed by atoms with Gasteiger partial charge in [0, 0.05) is 43.7 Å². The third-order valence-electron chi connectivity index (χ3n) is 4.54. The van der Waals surface area contributed by atoms with Crippen LogP contribution in [-0.2, 0) is 4.79 Å². The van der Waals surface area contributed by atoms with Crippen molar-refractivity contribution in [3.63, 3.8) is 0 Å². The van der Waals surface area contributed by atoms with Crippen molar-refractivity contribution in [2.24, 2.45) is 5.92 Å². The maximum Gasteiger partial charge on any atom is 0.144 e. The van der Waals surface area contributed by atoms with Crippen LogP contribution in [0.15, 0.2) is 24.3 Å². The van der Waals surface area contributed by atoms with Gasteiger partial charge in [0.15, 0.2) is 0 Å². The lowest BCUT2D eigenvalue weighted by Gasteiger charge is -2.36. The Bertz CT molecular complexity index is 478. The van der Waals surface area contributed by atoms with E-state index in [1.54, 1.807) is 0 Å². The topological polar surface area (TPSA) is 23.6 Å². The Morgan fingerprint density at radius 3 is 2.14 bits per heavy atom. The third kappa shape index (κ3) is 4.55. The van der Waals surface area contributed by atoms with Gasteiger partial charge in [0.1, 0.15) is 5.78 Å². The number of likely N-dealkylation sites (N-methyl/N-ethyl adjacent to an activating group) is 1. The fraction of sp³-hybridized carbons (Fsp3) is 0.611. The van der Waals surface area contributed by atoms with Crippen LogP contribution in [0.1, 0.15) is 32.3 Å². The molecule has 3 nitrogen and oxygen atoms in total. The standard InChI is InChI=1S/C18H27ClN2O/c1-4-20-9-11-21(12-10-20)13-17(18(22)14(2)3)15-5-7-16(19)8-6-15/h5-8,14,17H,4,9-13H2,1-3H3/t17-/m1/s1. The van der Waals surface area contributed by atoms with Gasteiger partial charge in [-0.25, -0.2) is 0 Å². The lowest BCUT2D eigenvalue weighted by Crippen LogP contribution is -2.48. The molecule has 0 unspecified atom stereocenters. The molecule has 1 saturated heterocycles. The first-order valence-electron chi connectivity index (χ1n) is 8.25. The lowest BCUT2D eigenvalue weighted by atomic mass is 9.88. The van der Waals surface area contributed by atoms with Gasteiger partial charge < -0.3 is 4.90 Å². The van der Waals surface area contributed by atoms with E-state index in [-0.39, 0.29) is 11.8 Å². The molecule has 1 aliphatic rings. The molecular weight excluding hydrogens is 296 g/mol. The highest BCUT2D eigenvalue weighted by molar-refractivity contribution is 6.30. The van der Waals surface area contributed by atoms with E-state index >= 15 is 0 Å². The van der Waals surface area contributed by atoms with Crippen LogP contribution in [0.3, 0.4) is 0 Å². The number of nitrogens with zero attached hydrogens (tertiary/aromatic N) is 2. The molecule has 0 saturated carbocycles. The highest BCUT2D eigenvalue weighted by Crippen LogP contribution is 2.24. The molecule has 0 aromatic heterocycles. The number of carbonyl (C=O) groups is 1. The normalized spacial score (nSPS) is 18.6. The van der Waals surface area contributed by atoms with E-state index in [4.69, 9.17) is 11.6 Å². The van der Waals surface area contributed by atoms with Crippen LogP contribution in [-0.4, -0.2) is 54.9 Å². The summed E-state index contributed by atoms with van der Waals surface area (Å²) in [5.41, 5.74) is 1.08. The molecule has 1 fully saturated rings. The van der Waals surface area contributed by atoms with E-state index in [0.717, 1.165) is 49.9 Å². The second kappa shape index (κ2) is 8.09. The molecule has 0 radical (unpaired) electrons. The second-order valence-corrected chi connectivity index (χ2v) is 6.83. The largest absolute Gasteiger partial charge is 0.301 e. The Balaban J connectivity index is 2.08. The number of piperazine rings is 1. The highest BCUT2D eigenvalue weighted by atomic mass is 35.5. The first kappa shape index (κ1) is 17.5. The zero-order chi connectivity index (χ0) is 16.1. The molecule has 1 aromatic rings. The summed E-state index contributed by atoms with van der Waals surface area (Å²) in [6, 6.07) is 7.75. The minimum absolute atomic E-state index is 0.0505. The molecule has 122 valence electrons. The summed E-state index contributed by atoms with van der Waals surface area (Å²) < 4.78 is 0. The van der Waals surface area contributed by atoms with Crippen molar-refractivity contribution in [3.8, 4) is 0 Å². The van der Waals surface area contributed by atoms with Crippen LogP contribution in [0.25, 0.3) is 0 Å². The monoisotopic (exact) mass is 322 g/mol.